The van der Waals surface area contributed by atoms with Crippen molar-refractivity contribution >= 4 is 23.7 Å². The van der Waals surface area contributed by atoms with Crippen molar-refractivity contribution in [1.29, 1.82) is 0 Å². The minimum Gasteiger partial charge on any atom is -0.496 e. The van der Waals surface area contributed by atoms with Gasteiger partial charge in [-0.25, -0.2) is 5.43 Å². The van der Waals surface area contributed by atoms with Gasteiger partial charge in [0.2, 0.25) is 0 Å². The van der Waals surface area contributed by atoms with Crippen LogP contribution in [0.5, 0.6) is 11.5 Å². The fourth-order valence-electron chi connectivity index (χ4n) is 2.21. The van der Waals surface area contributed by atoms with Crippen LogP contribution in [0.2, 0.25) is 5.02 Å². The molecule has 26 heavy (non-hydrogen) atoms. The molecular weight excluding hydrogens is 352 g/mol. The fraction of sp³-hybridized carbons (Fsp3) is 0.300. The summed E-state index contributed by atoms with van der Waals surface area (Å²) in [7, 11) is 1.55. The van der Waals surface area contributed by atoms with Crippen LogP contribution in [-0.4, -0.2) is 25.8 Å². The second kappa shape index (κ2) is 8.72. The summed E-state index contributed by atoms with van der Waals surface area (Å²) < 4.78 is 10.7. The second-order valence-electron chi connectivity index (χ2n) is 6.74. The first-order valence-electron chi connectivity index (χ1n) is 8.18. The molecular formula is C20H23ClN2O3. The number of carbonyl (C=O) groups excluding carboxylic acids is 1. The first kappa shape index (κ1) is 19.8. The van der Waals surface area contributed by atoms with Gasteiger partial charge in [0.05, 0.1) is 13.3 Å². The maximum Gasteiger partial charge on any atom is 0.277 e. The zero-order valence-corrected chi connectivity index (χ0v) is 16.1. The number of nitrogens with one attached hydrogen (secondary N) is 1. The van der Waals surface area contributed by atoms with Gasteiger partial charge in [0.15, 0.2) is 6.61 Å². The van der Waals surface area contributed by atoms with E-state index in [2.05, 4.69) is 31.3 Å². The summed E-state index contributed by atoms with van der Waals surface area (Å²) >= 11 is 5.95. The van der Waals surface area contributed by atoms with Gasteiger partial charge in [-0.3, -0.25) is 4.79 Å². The number of amides is 1. The van der Waals surface area contributed by atoms with Crippen LogP contribution in [0, 0.1) is 0 Å². The number of rotatable bonds is 6. The monoisotopic (exact) mass is 374 g/mol. The highest BCUT2D eigenvalue weighted by atomic mass is 35.5. The van der Waals surface area contributed by atoms with Gasteiger partial charge < -0.3 is 9.47 Å². The number of hydrogen-bond acceptors (Lipinski definition) is 4. The standard InChI is InChI=1S/C20H23ClN2O3/c1-20(2,3)15-5-8-17(9-6-15)26-13-19(24)23-22-12-14-11-16(21)7-10-18(14)25-4/h5-12H,13H2,1-4H3,(H,23,24)/b22-12-. The van der Waals surface area contributed by atoms with E-state index in [1.54, 1.807) is 25.3 Å². The molecule has 0 bridgehead atoms. The van der Waals surface area contributed by atoms with Crippen molar-refractivity contribution < 1.29 is 14.3 Å². The van der Waals surface area contributed by atoms with Gasteiger partial charge in [-0.1, -0.05) is 44.5 Å². The molecule has 2 rings (SSSR count). The second-order valence-corrected chi connectivity index (χ2v) is 7.18. The molecule has 0 unspecified atom stereocenters. The Morgan fingerprint density at radius 2 is 1.88 bits per heavy atom. The predicted octanol–water partition coefficient (Wildman–Crippen LogP) is 4.18. The Bertz CT molecular complexity index is 781. The summed E-state index contributed by atoms with van der Waals surface area (Å²) in [4.78, 5) is 11.8. The van der Waals surface area contributed by atoms with E-state index in [0.717, 1.165) is 0 Å². The highest BCUT2D eigenvalue weighted by molar-refractivity contribution is 6.30. The predicted molar refractivity (Wildman–Crippen MR) is 104 cm³/mol. The van der Waals surface area contributed by atoms with Crippen molar-refractivity contribution in [2.45, 2.75) is 26.2 Å². The molecule has 138 valence electrons. The summed E-state index contributed by atoms with van der Waals surface area (Å²) in [5, 5.41) is 4.46. The molecule has 0 aromatic heterocycles. The third-order valence-corrected chi connectivity index (χ3v) is 3.91. The molecule has 0 heterocycles. The minimum absolute atomic E-state index is 0.0754. The number of methoxy groups -OCH3 is 1. The van der Waals surface area contributed by atoms with Crippen molar-refractivity contribution in [3.8, 4) is 11.5 Å². The average Bonchev–Trinajstić information content (AvgIpc) is 2.60. The summed E-state index contributed by atoms with van der Waals surface area (Å²) in [6, 6.07) is 12.9. The van der Waals surface area contributed by atoms with Gasteiger partial charge in [0.1, 0.15) is 11.5 Å². The fourth-order valence-corrected chi connectivity index (χ4v) is 2.39. The lowest BCUT2D eigenvalue weighted by Crippen LogP contribution is -2.24. The van der Waals surface area contributed by atoms with Crippen LogP contribution in [0.3, 0.4) is 0 Å². The van der Waals surface area contributed by atoms with Gasteiger partial charge >= 0.3 is 0 Å². The molecule has 0 aliphatic rings. The Morgan fingerprint density at radius 1 is 1.19 bits per heavy atom. The third-order valence-electron chi connectivity index (χ3n) is 3.67. The number of carbonyl (C=O) groups is 1. The smallest absolute Gasteiger partial charge is 0.277 e. The topological polar surface area (TPSA) is 59.9 Å². The minimum atomic E-state index is -0.359. The highest BCUT2D eigenvalue weighted by Gasteiger charge is 2.13. The molecule has 6 heteroatoms. The molecule has 0 radical (unpaired) electrons. The SMILES string of the molecule is COc1ccc(Cl)cc1/C=N\NC(=O)COc1ccc(C(C)(C)C)cc1. The molecule has 0 aliphatic heterocycles. The number of hydrogen-bond donors (Lipinski definition) is 1. The first-order chi connectivity index (χ1) is 12.3. The Balaban J connectivity index is 1.87. The van der Waals surface area contributed by atoms with Gasteiger partial charge in [-0.05, 0) is 41.3 Å². The van der Waals surface area contributed by atoms with Crippen LogP contribution in [0.25, 0.3) is 0 Å². The molecule has 2 aromatic rings. The van der Waals surface area contributed by atoms with E-state index >= 15 is 0 Å². The van der Waals surface area contributed by atoms with Crippen LogP contribution < -0.4 is 14.9 Å². The normalized spacial score (nSPS) is 11.4. The number of halogens is 1. The van der Waals surface area contributed by atoms with E-state index in [1.807, 2.05) is 24.3 Å². The third kappa shape index (κ3) is 5.77. The van der Waals surface area contributed by atoms with E-state index in [0.29, 0.717) is 22.1 Å². The van der Waals surface area contributed by atoms with Crippen molar-refractivity contribution in [2.75, 3.05) is 13.7 Å². The Morgan fingerprint density at radius 3 is 2.50 bits per heavy atom. The molecule has 1 N–H and O–H groups in total. The van der Waals surface area contributed by atoms with E-state index in [4.69, 9.17) is 21.1 Å². The lowest BCUT2D eigenvalue weighted by Gasteiger charge is -2.19. The molecule has 0 saturated heterocycles. The van der Waals surface area contributed by atoms with Crippen LogP contribution >= 0.6 is 11.6 Å². The van der Waals surface area contributed by atoms with E-state index < -0.39 is 0 Å². The zero-order chi connectivity index (χ0) is 19.2. The molecule has 0 saturated carbocycles. The van der Waals surface area contributed by atoms with Gasteiger partial charge in [0.25, 0.3) is 5.91 Å². The van der Waals surface area contributed by atoms with Gasteiger partial charge in [0, 0.05) is 10.6 Å². The Kier molecular flexibility index (Phi) is 6.64. The van der Waals surface area contributed by atoms with Crippen molar-refractivity contribution in [2.24, 2.45) is 5.10 Å². The van der Waals surface area contributed by atoms with Crippen LogP contribution in [0.4, 0.5) is 0 Å². The molecule has 0 aliphatic carbocycles. The molecule has 0 spiro atoms. The summed E-state index contributed by atoms with van der Waals surface area (Å²) in [5.41, 5.74) is 4.36. The maximum atomic E-state index is 11.8. The lowest BCUT2D eigenvalue weighted by atomic mass is 9.87. The molecule has 0 atom stereocenters. The van der Waals surface area contributed by atoms with Gasteiger partial charge in [-0.15, -0.1) is 0 Å². The number of benzene rings is 2. The number of hydrazone groups is 1. The quantitative estimate of drug-likeness (QED) is 0.609. The number of ether oxygens (including phenoxy) is 2. The summed E-state index contributed by atoms with van der Waals surface area (Å²) in [5.74, 6) is 0.887. The van der Waals surface area contributed by atoms with E-state index in [1.165, 1.54) is 11.8 Å². The largest absolute Gasteiger partial charge is 0.496 e. The highest BCUT2D eigenvalue weighted by Crippen LogP contribution is 2.24. The molecule has 1 amide bonds. The van der Waals surface area contributed by atoms with Crippen molar-refractivity contribution in [3.05, 3.63) is 58.6 Å². The first-order valence-corrected chi connectivity index (χ1v) is 8.56. The zero-order valence-electron chi connectivity index (χ0n) is 15.4. The maximum absolute atomic E-state index is 11.8. The Hall–Kier alpha value is -2.53. The Labute approximate surface area is 159 Å². The molecule has 2 aromatic carbocycles. The van der Waals surface area contributed by atoms with Crippen LogP contribution in [0.15, 0.2) is 47.6 Å². The average molecular weight is 375 g/mol. The summed E-state index contributed by atoms with van der Waals surface area (Å²) in [6.07, 6.45) is 1.47. The number of nitrogens with zero attached hydrogens (tertiary/aromatic N) is 1. The molecule has 0 fully saturated rings. The van der Waals surface area contributed by atoms with Gasteiger partial charge in [-0.2, -0.15) is 5.10 Å². The van der Waals surface area contributed by atoms with E-state index in [9.17, 15) is 4.79 Å². The van der Waals surface area contributed by atoms with Crippen molar-refractivity contribution in [3.63, 3.8) is 0 Å². The molecule has 5 nitrogen and oxygen atoms in total. The van der Waals surface area contributed by atoms with E-state index in [-0.39, 0.29) is 17.9 Å². The van der Waals surface area contributed by atoms with Crippen LogP contribution in [0.1, 0.15) is 31.9 Å². The van der Waals surface area contributed by atoms with Crippen molar-refractivity contribution in [1.82, 2.24) is 5.43 Å². The lowest BCUT2D eigenvalue weighted by molar-refractivity contribution is -0.123. The summed E-state index contributed by atoms with van der Waals surface area (Å²) in [6.45, 7) is 6.30. The van der Waals surface area contributed by atoms with Crippen LogP contribution in [-0.2, 0) is 10.2 Å².